The number of piperidine rings is 1. The first kappa shape index (κ1) is 17.7. The molecule has 2 aromatic rings. The average Bonchev–Trinajstić information content (AvgIpc) is 2.69. The van der Waals surface area contributed by atoms with Gasteiger partial charge in [-0.3, -0.25) is 9.69 Å². The van der Waals surface area contributed by atoms with E-state index >= 15 is 0 Å². The number of hydrogen-bond donors (Lipinski definition) is 1. The predicted octanol–water partition coefficient (Wildman–Crippen LogP) is 2.82. The minimum absolute atomic E-state index is 0.0529. The van der Waals surface area contributed by atoms with Crippen molar-refractivity contribution in [1.82, 2.24) is 10.2 Å². The molecule has 2 heterocycles. The molecule has 142 valence electrons. The van der Waals surface area contributed by atoms with Crippen molar-refractivity contribution in [3.8, 4) is 17.2 Å². The zero-order valence-electron chi connectivity index (χ0n) is 15.7. The lowest BCUT2D eigenvalue weighted by Crippen LogP contribution is -2.60. The smallest absolute Gasteiger partial charge is 0.258 e. The van der Waals surface area contributed by atoms with Gasteiger partial charge in [-0.2, -0.15) is 0 Å². The topological polar surface area (TPSA) is 60.0 Å². The summed E-state index contributed by atoms with van der Waals surface area (Å²) in [5, 5.41) is 3.08. The summed E-state index contributed by atoms with van der Waals surface area (Å²) < 4.78 is 16.9. The van der Waals surface area contributed by atoms with E-state index in [4.69, 9.17) is 14.2 Å². The average molecular weight is 368 g/mol. The van der Waals surface area contributed by atoms with E-state index in [9.17, 15) is 4.79 Å². The molecule has 0 unspecified atom stereocenters. The Bertz CT molecular complexity index is 822. The summed E-state index contributed by atoms with van der Waals surface area (Å²) in [5.41, 5.74) is 1.14. The second-order valence-corrected chi connectivity index (χ2v) is 7.04. The van der Waals surface area contributed by atoms with Gasteiger partial charge in [0, 0.05) is 38.5 Å². The standard InChI is InChI=1S/C21H24N2O4/c1-25-16-11-15(12-17(13-16)26-2)14-23-9-7-21(8-10-23)22-20(24)18-5-3-4-6-19(18)27-21/h3-6,11-13H,7-10,14H2,1-2H3,(H,22,24). The molecule has 0 atom stereocenters. The van der Waals surface area contributed by atoms with Crippen molar-refractivity contribution in [3.05, 3.63) is 53.6 Å². The maximum Gasteiger partial charge on any atom is 0.258 e. The quantitative estimate of drug-likeness (QED) is 0.899. The molecule has 1 spiro atoms. The van der Waals surface area contributed by atoms with Crippen molar-refractivity contribution < 1.29 is 19.0 Å². The van der Waals surface area contributed by atoms with E-state index in [0.717, 1.165) is 49.5 Å². The van der Waals surface area contributed by atoms with Gasteiger partial charge < -0.3 is 19.5 Å². The molecule has 4 rings (SSSR count). The number of benzene rings is 2. The minimum Gasteiger partial charge on any atom is -0.497 e. The summed E-state index contributed by atoms with van der Waals surface area (Å²) in [7, 11) is 3.31. The fraction of sp³-hybridized carbons (Fsp3) is 0.381. The van der Waals surface area contributed by atoms with Gasteiger partial charge in [-0.25, -0.2) is 0 Å². The predicted molar refractivity (Wildman–Crippen MR) is 101 cm³/mol. The molecule has 2 aliphatic heterocycles. The minimum atomic E-state index is -0.603. The summed E-state index contributed by atoms with van der Waals surface area (Å²) in [6, 6.07) is 13.3. The van der Waals surface area contributed by atoms with Crippen LogP contribution < -0.4 is 19.5 Å². The number of fused-ring (bicyclic) bond motifs is 1. The van der Waals surface area contributed by atoms with Crippen LogP contribution in [0, 0.1) is 0 Å². The van der Waals surface area contributed by atoms with Gasteiger partial charge in [0.15, 0.2) is 5.72 Å². The first-order chi connectivity index (χ1) is 13.1. The van der Waals surface area contributed by atoms with Crippen molar-refractivity contribution in [1.29, 1.82) is 0 Å². The molecule has 0 radical (unpaired) electrons. The lowest BCUT2D eigenvalue weighted by molar-refractivity contribution is -0.0304. The number of nitrogens with one attached hydrogen (secondary N) is 1. The Morgan fingerprint density at radius 2 is 1.74 bits per heavy atom. The molecular formula is C21H24N2O4. The van der Waals surface area contributed by atoms with Gasteiger partial charge in [0.05, 0.1) is 19.8 Å². The van der Waals surface area contributed by atoms with Crippen LogP contribution in [0.2, 0.25) is 0 Å². The van der Waals surface area contributed by atoms with Crippen molar-refractivity contribution >= 4 is 5.91 Å². The molecule has 2 aromatic carbocycles. The van der Waals surface area contributed by atoms with Crippen LogP contribution in [-0.2, 0) is 6.54 Å². The highest BCUT2D eigenvalue weighted by Crippen LogP contribution is 2.34. The summed E-state index contributed by atoms with van der Waals surface area (Å²) >= 11 is 0. The van der Waals surface area contributed by atoms with Crippen LogP contribution in [0.4, 0.5) is 0 Å². The fourth-order valence-corrected chi connectivity index (χ4v) is 3.77. The summed E-state index contributed by atoms with van der Waals surface area (Å²) in [4.78, 5) is 14.8. The number of amides is 1. The number of methoxy groups -OCH3 is 2. The molecule has 6 nitrogen and oxygen atoms in total. The number of carbonyl (C=O) groups excluding carboxylic acids is 1. The second kappa shape index (κ2) is 7.12. The van der Waals surface area contributed by atoms with Crippen LogP contribution in [0.1, 0.15) is 28.8 Å². The van der Waals surface area contributed by atoms with E-state index in [-0.39, 0.29) is 5.91 Å². The van der Waals surface area contributed by atoms with Crippen LogP contribution in [0.5, 0.6) is 17.2 Å². The van der Waals surface area contributed by atoms with Gasteiger partial charge in [0.2, 0.25) is 0 Å². The number of ether oxygens (including phenoxy) is 3. The number of nitrogens with zero attached hydrogens (tertiary/aromatic N) is 1. The van der Waals surface area contributed by atoms with E-state index in [0.29, 0.717) is 11.3 Å². The third-order valence-corrected chi connectivity index (χ3v) is 5.26. The first-order valence-corrected chi connectivity index (χ1v) is 9.16. The van der Waals surface area contributed by atoms with E-state index in [1.807, 2.05) is 36.4 Å². The summed E-state index contributed by atoms with van der Waals surface area (Å²) in [6.07, 6.45) is 1.49. The number of likely N-dealkylation sites (tertiary alicyclic amines) is 1. The van der Waals surface area contributed by atoms with Crippen LogP contribution in [0.25, 0.3) is 0 Å². The zero-order chi connectivity index (χ0) is 18.9. The highest BCUT2D eigenvalue weighted by molar-refractivity contribution is 5.98. The van der Waals surface area contributed by atoms with Crippen molar-refractivity contribution in [2.24, 2.45) is 0 Å². The number of carbonyl (C=O) groups is 1. The second-order valence-electron chi connectivity index (χ2n) is 7.04. The fourth-order valence-electron chi connectivity index (χ4n) is 3.77. The Balaban J connectivity index is 1.43. The van der Waals surface area contributed by atoms with E-state index in [2.05, 4.69) is 10.2 Å². The van der Waals surface area contributed by atoms with Gasteiger partial charge in [0.25, 0.3) is 5.91 Å². The lowest BCUT2D eigenvalue weighted by atomic mass is 9.96. The van der Waals surface area contributed by atoms with Crippen molar-refractivity contribution in [3.63, 3.8) is 0 Å². The Labute approximate surface area is 159 Å². The molecule has 6 heteroatoms. The molecule has 27 heavy (non-hydrogen) atoms. The molecule has 2 aliphatic rings. The molecule has 0 saturated carbocycles. The molecule has 0 aliphatic carbocycles. The summed E-state index contributed by atoms with van der Waals surface area (Å²) in [5.74, 6) is 2.20. The van der Waals surface area contributed by atoms with E-state index in [1.54, 1.807) is 20.3 Å². The van der Waals surface area contributed by atoms with Crippen LogP contribution in [0.15, 0.2) is 42.5 Å². The van der Waals surface area contributed by atoms with E-state index < -0.39 is 5.72 Å². The third-order valence-electron chi connectivity index (χ3n) is 5.26. The first-order valence-electron chi connectivity index (χ1n) is 9.16. The van der Waals surface area contributed by atoms with Crippen LogP contribution in [0.3, 0.4) is 0 Å². The van der Waals surface area contributed by atoms with Gasteiger partial charge in [-0.15, -0.1) is 0 Å². The summed E-state index contributed by atoms with van der Waals surface area (Å²) in [6.45, 7) is 2.47. The highest BCUT2D eigenvalue weighted by atomic mass is 16.5. The molecule has 0 bridgehead atoms. The Morgan fingerprint density at radius 3 is 2.41 bits per heavy atom. The van der Waals surface area contributed by atoms with Crippen LogP contribution in [-0.4, -0.2) is 43.8 Å². The molecular weight excluding hydrogens is 344 g/mol. The third kappa shape index (κ3) is 3.57. The van der Waals surface area contributed by atoms with Gasteiger partial charge >= 0.3 is 0 Å². The molecule has 1 saturated heterocycles. The lowest BCUT2D eigenvalue weighted by Gasteiger charge is -2.44. The van der Waals surface area contributed by atoms with E-state index in [1.165, 1.54) is 0 Å². The zero-order valence-corrected chi connectivity index (χ0v) is 15.7. The number of para-hydroxylation sites is 1. The number of rotatable bonds is 4. The Morgan fingerprint density at radius 1 is 1.07 bits per heavy atom. The van der Waals surface area contributed by atoms with Crippen LogP contribution >= 0.6 is 0 Å². The van der Waals surface area contributed by atoms with Gasteiger partial charge in [0.1, 0.15) is 17.2 Å². The SMILES string of the molecule is COc1cc(CN2CCC3(CC2)NC(=O)c2ccccc2O3)cc(OC)c1. The maximum absolute atomic E-state index is 12.4. The number of hydrogen-bond acceptors (Lipinski definition) is 5. The largest absolute Gasteiger partial charge is 0.497 e. The maximum atomic E-state index is 12.4. The molecule has 1 N–H and O–H groups in total. The van der Waals surface area contributed by atoms with Crippen molar-refractivity contribution in [2.45, 2.75) is 25.1 Å². The Kier molecular flexibility index (Phi) is 4.66. The van der Waals surface area contributed by atoms with Gasteiger partial charge in [-0.05, 0) is 29.8 Å². The monoisotopic (exact) mass is 368 g/mol. The normalized spacial score (nSPS) is 18.4. The Hall–Kier alpha value is -2.73. The van der Waals surface area contributed by atoms with Gasteiger partial charge in [-0.1, -0.05) is 12.1 Å². The molecule has 1 amide bonds. The highest BCUT2D eigenvalue weighted by Gasteiger charge is 2.42. The van der Waals surface area contributed by atoms with Crippen molar-refractivity contribution in [2.75, 3.05) is 27.3 Å². The molecule has 1 fully saturated rings. The molecule has 0 aromatic heterocycles.